The van der Waals surface area contributed by atoms with Crippen LogP contribution in [0.5, 0.6) is 0 Å². The van der Waals surface area contributed by atoms with Gasteiger partial charge in [0, 0.05) is 6.20 Å². The minimum Gasteiger partial charge on any atom is -0.288 e. The van der Waals surface area contributed by atoms with E-state index in [4.69, 9.17) is 0 Å². The van der Waals surface area contributed by atoms with E-state index in [0.29, 0.717) is 0 Å². The molecule has 3 rings (SSSR count). The van der Waals surface area contributed by atoms with E-state index in [1.165, 1.54) is 11.1 Å². The van der Waals surface area contributed by atoms with Gasteiger partial charge < -0.3 is 0 Å². The van der Waals surface area contributed by atoms with Crippen molar-refractivity contribution in [2.75, 3.05) is 0 Å². The topological polar surface area (TPSA) is 30.2 Å². The fraction of sp³-hybridized carbons (Fsp3) is 0.125. The predicted octanol–water partition coefficient (Wildman–Crippen LogP) is 3.68. The van der Waals surface area contributed by atoms with E-state index in [1.807, 2.05) is 22.7 Å². The Morgan fingerprint density at radius 3 is 2.79 bits per heavy atom. The van der Waals surface area contributed by atoms with Gasteiger partial charge in [0.2, 0.25) is 0 Å². The summed E-state index contributed by atoms with van der Waals surface area (Å²) in [6.07, 6.45) is 6.99. The molecule has 0 spiro atoms. The molecule has 0 saturated carbocycles. The van der Waals surface area contributed by atoms with E-state index in [1.54, 1.807) is 6.33 Å². The molecule has 0 amide bonds. The lowest BCUT2D eigenvalue weighted by Gasteiger charge is -2.05. The standard InChI is InChI=1S/C16H15N3/c1-2-14(15-6-4-3-5-7-15)10-13-8-9-16-18-17-12-19(16)11-13/h3-12H,2H2,1H3/b14-10+. The fourth-order valence-corrected chi connectivity index (χ4v) is 2.17. The smallest absolute Gasteiger partial charge is 0.160 e. The predicted molar refractivity (Wildman–Crippen MR) is 77.6 cm³/mol. The number of hydrogen-bond acceptors (Lipinski definition) is 2. The van der Waals surface area contributed by atoms with E-state index in [0.717, 1.165) is 17.6 Å². The molecule has 3 nitrogen and oxygen atoms in total. The van der Waals surface area contributed by atoms with E-state index in [2.05, 4.69) is 53.5 Å². The Labute approximate surface area is 112 Å². The molecule has 0 saturated heterocycles. The van der Waals surface area contributed by atoms with Crippen LogP contribution < -0.4 is 0 Å². The molecule has 0 bridgehead atoms. The van der Waals surface area contributed by atoms with Gasteiger partial charge in [-0.3, -0.25) is 4.40 Å². The number of pyridine rings is 1. The Hall–Kier alpha value is -2.42. The summed E-state index contributed by atoms with van der Waals surface area (Å²) in [5, 5.41) is 7.90. The summed E-state index contributed by atoms with van der Waals surface area (Å²) in [5.41, 5.74) is 4.63. The van der Waals surface area contributed by atoms with Crippen molar-refractivity contribution < 1.29 is 0 Å². The van der Waals surface area contributed by atoms with E-state index in [-0.39, 0.29) is 0 Å². The highest BCUT2D eigenvalue weighted by atomic mass is 15.2. The maximum Gasteiger partial charge on any atom is 0.160 e. The number of benzene rings is 1. The molecule has 0 radical (unpaired) electrons. The largest absolute Gasteiger partial charge is 0.288 e. The zero-order valence-electron chi connectivity index (χ0n) is 10.8. The average molecular weight is 249 g/mol. The van der Waals surface area contributed by atoms with Crippen LogP contribution in [-0.4, -0.2) is 14.6 Å². The highest BCUT2D eigenvalue weighted by Gasteiger charge is 2.00. The van der Waals surface area contributed by atoms with Gasteiger partial charge in [0.05, 0.1) is 0 Å². The number of rotatable bonds is 3. The van der Waals surface area contributed by atoms with Crippen molar-refractivity contribution >= 4 is 17.3 Å². The van der Waals surface area contributed by atoms with Crippen LogP contribution in [0, 0.1) is 0 Å². The second-order valence-electron chi connectivity index (χ2n) is 4.45. The summed E-state index contributed by atoms with van der Waals surface area (Å²) in [7, 11) is 0. The maximum absolute atomic E-state index is 4.01. The first kappa shape index (κ1) is 11.7. The lowest BCUT2D eigenvalue weighted by molar-refractivity contribution is 1.10. The van der Waals surface area contributed by atoms with Crippen molar-refractivity contribution in [2.24, 2.45) is 0 Å². The van der Waals surface area contributed by atoms with Gasteiger partial charge in [0.25, 0.3) is 0 Å². The average Bonchev–Trinajstić information content (AvgIpc) is 2.93. The summed E-state index contributed by atoms with van der Waals surface area (Å²) < 4.78 is 1.93. The second kappa shape index (κ2) is 5.06. The second-order valence-corrected chi connectivity index (χ2v) is 4.45. The van der Waals surface area contributed by atoms with Crippen LogP contribution in [0.1, 0.15) is 24.5 Å². The van der Waals surface area contributed by atoms with Crippen LogP contribution in [0.15, 0.2) is 55.0 Å². The minimum absolute atomic E-state index is 0.870. The Morgan fingerprint density at radius 1 is 1.16 bits per heavy atom. The quantitative estimate of drug-likeness (QED) is 0.708. The van der Waals surface area contributed by atoms with E-state index >= 15 is 0 Å². The third kappa shape index (κ3) is 2.40. The lowest BCUT2D eigenvalue weighted by Crippen LogP contribution is -1.86. The zero-order valence-corrected chi connectivity index (χ0v) is 10.8. The molecule has 94 valence electrons. The summed E-state index contributed by atoms with van der Waals surface area (Å²) in [6, 6.07) is 14.5. The van der Waals surface area contributed by atoms with E-state index < -0.39 is 0 Å². The number of fused-ring (bicyclic) bond motifs is 1. The van der Waals surface area contributed by atoms with Crippen molar-refractivity contribution in [3.63, 3.8) is 0 Å². The van der Waals surface area contributed by atoms with Crippen LogP contribution in [0.4, 0.5) is 0 Å². The lowest BCUT2D eigenvalue weighted by atomic mass is 10.0. The number of allylic oxidation sites excluding steroid dienone is 1. The van der Waals surface area contributed by atoms with Crippen molar-refractivity contribution in [1.29, 1.82) is 0 Å². The first-order valence-electron chi connectivity index (χ1n) is 6.42. The molecule has 2 heterocycles. The van der Waals surface area contributed by atoms with Gasteiger partial charge >= 0.3 is 0 Å². The molecule has 0 unspecified atom stereocenters. The van der Waals surface area contributed by atoms with Crippen molar-refractivity contribution in [1.82, 2.24) is 14.6 Å². The monoisotopic (exact) mass is 249 g/mol. The normalized spacial score (nSPS) is 11.9. The molecular formula is C16H15N3. The summed E-state index contributed by atoms with van der Waals surface area (Å²) in [5.74, 6) is 0. The van der Waals surface area contributed by atoms with Crippen LogP contribution in [-0.2, 0) is 0 Å². The van der Waals surface area contributed by atoms with Gasteiger partial charge in [-0.25, -0.2) is 0 Å². The first-order chi connectivity index (χ1) is 9.36. The van der Waals surface area contributed by atoms with Crippen molar-refractivity contribution in [2.45, 2.75) is 13.3 Å². The van der Waals surface area contributed by atoms with Crippen molar-refractivity contribution in [3.8, 4) is 0 Å². The van der Waals surface area contributed by atoms with Crippen LogP contribution in [0.25, 0.3) is 17.3 Å². The summed E-state index contributed by atoms with van der Waals surface area (Å²) in [6.45, 7) is 2.18. The molecule has 3 aromatic rings. The Kier molecular flexibility index (Phi) is 3.11. The molecular weight excluding hydrogens is 234 g/mol. The molecule has 0 aliphatic heterocycles. The third-order valence-electron chi connectivity index (χ3n) is 3.18. The number of hydrogen-bond donors (Lipinski definition) is 0. The van der Waals surface area contributed by atoms with Crippen LogP contribution >= 0.6 is 0 Å². The Morgan fingerprint density at radius 2 is 2.00 bits per heavy atom. The molecule has 0 N–H and O–H groups in total. The first-order valence-corrected chi connectivity index (χ1v) is 6.42. The molecule has 0 aliphatic carbocycles. The number of nitrogens with zero attached hydrogens (tertiary/aromatic N) is 3. The summed E-state index contributed by atoms with van der Waals surface area (Å²) >= 11 is 0. The molecule has 0 atom stereocenters. The molecule has 19 heavy (non-hydrogen) atoms. The Bertz CT molecular complexity index is 711. The Balaban J connectivity index is 2.02. The van der Waals surface area contributed by atoms with Crippen LogP contribution in [0.3, 0.4) is 0 Å². The SMILES string of the molecule is CC/C(=C\c1ccc2nncn2c1)c1ccccc1. The minimum atomic E-state index is 0.870. The van der Waals surface area contributed by atoms with Gasteiger partial charge in [-0.15, -0.1) is 10.2 Å². The molecule has 2 aromatic heterocycles. The van der Waals surface area contributed by atoms with E-state index in [9.17, 15) is 0 Å². The van der Waals surface area contributed by atoms with Gasteiger partial charge in [-0.1, -0.05) is 37.3 Å². The van der Waals surface area contributed by atoms with Crippen LogP contribution in [0.2, 0.25) is 0 Å². The highest BCUT2D eigenvalue weighted by molar-refractivity contribution is 5.81. The maximum atomic E-state index is 4.01. The highest BCUT2D eigenvalue weighted by Crippen LogP contribution is 2.21. The number of aromatic nitrogens is 3. The molecule has 1 aromatic carbocycles. The van der Waals surface area contributed by atoms with Crippen molar-refractivity contribution in [3.05, 3.63) is 66.1 Å². The summed E-state index contributed by atoms with van der Waals surface area (Å²) in [4.78, 5) is 0. The van der Waals surface area contributed by atoms with Gasteiger partial charge in [-0.05, 0) is 41.3 Å². The molecule has 0 fully saturated rings. The molecule has 3 heteroatoms. The fourth-order valence-electron chi connectivity index (χ4n) is 2.17. The zero-order chi connectivity index (χ0) is 13.1. The van der Waals surface area contributed by atoms with Gasteiger partial charge in [0.15, 0.2) is 5.65 Å². The third-order valence-corrected chi connectivity index (χ3v) is 3.18. The molecule has 0 aliphatic rings. The van der Waals surface area contributed by atoms with Gasteiger partial charge in [0.1, 0.15) is 6.33 Å². The van der Waals surface area contributed by atoms with Gasteiger partial charge in [-0.2, -0.15) is 0 Å².